The molecule has 0 spiro atoms. The summed E-state index contributed by atoms with van der Waals surface area (Å²) in [7, 11) is 0. The first-order chi connectivity index (χ1) is 3.84. The molecule has 0 aromatic carbocycles. The Morgan fingerprint density at radius 2 is 2.25 bits per heavy atom. The van der Waals surface area contributed by atoms with Crippen LogP contribution < -0.4 is 0 Å². The molecular weight excluding hydrogens is 103 g/mol. The molecule has 2 atom stereocenters. The Morgan fingerprint density at radius 1 is 1.62 bits per heavy atom. The number of unbranched alkanes of at least 4 members (excludes halogenated alkanes) is 1. The predicted octanol–water partition coefficient (Wildman–Crippen LogP) is 2.35. The lowest BCUT2D eigenvalue weighted by Gasteiger charge is -1.89. The summed E-state index contributed by atoms with van der Waals surface area (Å²) in [6.45, 7) is 3.69. The molecule has 1 rings (SSSR count). The minimum absolute atomic E-state index is 0.414. The molecule has 1 aliphatic rings. The SMILES string of the molecule is [CH2]CCCC1CC1F. The van der Waals surface area contributed by atoms with Crippen molar-refractivity contribution < 1.29 is 4.39 Å². The maximum Gasteiger partial charge on any atom is 0.103 e. The van der Waals surface area contributed by atoms with E-state index in [-0.39, 0.29) is 0 Å². The Labute approximate surface area is 50.1 Å². The molecule has 8 heavy (non-hydrogen) atoms. The molecule has 0 saturated heterocycles. The van der Waals surface area contributed by atoms with Crippen LogP contribution in [0.15, 0.2) is 0 Å². The van der Waals surface area contributed by atoms with Gasteiger partial charge in [-0.25, -0.2) is 4.39 Å². The van der Waals surface area contributed by atoms with Crippen LogP contribution in [0.5, 0.6) is 0 Å². The zero-order valence-corrected chi connectivity index (χ0v) is 5.07. The second-order valence-corrected chi connectivity index (χ2v) is 2.51. The summed E-state index contributed by atoms with van der Waals surface area (Å²) in [5.41, 5.74) is 0. The van der Waals surface area contributed by atoms with Crippen LogP contribution in [0.2, 0.25) is 0 Å². The van der Waals surface area contributed by atoms with Gasteiger partial charge in [0.2, 0.25) is 0 Å². The van der Waals surface area contributed by atoms with Gasteiger partial charge in [-0.05, 0) is 18.8 Å². The molecule has 0 aliphatic heterocycles. The quantitative estimate of drug-likeness (QED) is 0.529. The average molecular weight is 115 g/mol. The third-order valence-electron chi connectivity index (χ3n) is 1.66. The van der Waals surface area contributed by atoms with Gasteiger partial charge in [-0.15, -0.1) is 0 Å². The third kappa shape index (κ3) is 1.46. The minimum atomic E-state index is -0.457. The van der Waals surface area contributed by atoms with Crippen molar-refractivity contribution in [2.45, 2.75) is 31.9 Å². The van der Waals surface area contributed by atoms with Crippen molar-refractivity contribution in [1.29, 1.82) is 0 Å². The molecule has 0 aromatic rings. The molecule has 1 heteroatoms. The standard InChI is InChI=1S/C7H12F/c1-2-3-4-6-5-7(6)8/h6-7H,1-5H2. The highest BCUT2D eigenvalue weighted by molar-refractivity contribution is 4.85. The first-order valence-corrected chi connectivity index (χ1v) is 3.28. The smallest absolute Gasteiger partial charge is 0.103 e. The van der Waals surface area contributed by atoms with Gasteiger partial charge in [0.25, 0.3) is 0 Å². The van der Waals surface area contributed by atoms with Crippen molar-refractivity contribution in [3.63, 3.8) is 0 Å². The lowest BCUT2D eigenvalue weighted by atomic mass is 10.2. The van der Waals surface area contributed by atoms with E-state index in [4.69, 9.17) is 0 Å². The van der Waals surface area contributed by atoms with Crippen LogP contribution in [-0.4, -0.2) is 6.17 Å². The van der Waals surface area contributed by atoms with Gasteiger partial charge in [0.15, 0.2) is 0 Å². The van der Waals surface area contributed by atoms with E-state index in [0.29, 0.717) is 5.92 Å². The molecule has 0 aromatic heterocycles. The van der Waals surface area contributed by atoms with Gasteiger partial charge in [-0.2, -0.15) is 0 Å². The van der Waals surface area contributed by atoms with Crippen molar-refractivity contribution in [2.75, 3.05) is 0 Å². The number of hydrogen-bond donors (Lipinski definition) is 0. The topological polar surface area (TPSA) is 0 Å². The summed E-state index contributed by atoms with van der Waals surface area (Å²) in [6, 6.07) is 0. The van der Waals surface area contributed by atoms with E-state index in [1.165, 1.54) is 0 Å². The van der Waals surface area contributed by atoms with Crippen LogP contribution in [-0.2, 0) is 0 Å². The van der Waals surface area contributed by atoms with E-state index in [9.17, 15) is 4.39 Å². The molecular formula is C7H12F. The second-order valence-electron chi connectivity index (χ2n) is 2.51. The van der Waals surface area contributed by atoms with Crippen molar-refractivity contribution in [3.05, 3.63) is 6.92 Å². The summed E-state index contributed by atoms with van der Waals surface area (Å²) in [5.74, 6) is 0.414. The predicted molar refractivity (Wildman–Crippen MR) is 32.2 cm³/mol. The monoisotopic (exact) mass is 115 g/mol. The molecule has 1 saturated carbocycles. The highest BCUT2D eigenvalue weighted by Crippen LogP contribution is 2.37. The Morgan fingerprint density at radius 3 is 2.62 bits per heavy atom. The van der Waals surface area contributed by atoms with Crippen LogP contribution in [0, 0.1) is 12.8 Å². The lowest BCUT2D eigenvalue weighted by molar-refractivity contribution is 0.434. The number of rotatable bonds is 3. The van der Waals surface area contributed by atoms with Crippen molar-refractivity contribution in [2.24, 2.45) is 5.92 Å². The summed E-state index contributed by atoms with van der Waals surface area (Å²) in [4.78, 5) is 0. The highest BCUT2D eigenvalue weighted by Gasteiger charge is 2.35. The maximum absolute atomic E-state index is 12.1. The molecule has 1 radical (unpaired) electrons. The van der Waals surface area contributed by atoms with Crippen molar-refractivity contribution in [1.82, 2.24) is 0 Å². The zero-order chi connectivity index (χ0) is 5.98. The number of alkyl halides is 1. The molecule has 0 N–H and O–H groups in total. The van der Waals surface area contributed by atoms with E-state index >= 15 is 0 Å². The van der Waals surface area contributed by atoms with E-state index in [0.717, 1.165) is 25.7 Å². The second kappa shape index (κ2) is 2.47. The summed E-state index contributed by atoms with van der Waals surface area (Å²) in [6.07, 6.45) is 3.49. The number of hydrogen-bond acceptors (Lipinski definition) is 0. The average Bonchev–Trinajstić information content (AvgIpc) is 2.42. The molecule has 0 heterocycles. The summed E-state index contributed by atoms with van der Waals surface area (Å²) >= 11 is 0. The maximum atomic E-state index is 12.1. The molecule has 1 fully saturated rings. The van der Waals surface area contributed by atoms with Crippen LogP contribution >= 0.6 is 0 Å². The largest absolute Gasteiger partial charge is 0.247 e. The van der Waals surface area contributed by atoms with Gasteiger partial charge in [-0.1, -0.05) is 19.8 Å². The molecule has 1 aliphatic carbocycles. The van der Waals surface area contributed by atoms with E-state index in [1.807, 2.05) is 0 Å². The lowest BCUT2D eigenvalue weighted by Crippen LogP contribution is -1.79. The zero-order valence-electron chi connectivity index (χ0n) is 5.07. The summed E-state index contributed by atoms with van der Waals surface area (Å²) in [5, 5.41) is 0. The van der Waals surface area contributed by atoms with E-state index in [2.05, 4.69) is 6.92 Å². The molecule has 0 amide bonds. The van der Waals surface area contributed by atoms with Crippen LogP contribution in [0.4, 0.5) is 4.39 Å². The van der Waals surface area contributed by atoms with Crippen LogP contribution in [0.1, 0.15) is 25.7 Å². The first kappa shape index (κ1) is 6.06. The Balaban J connectivity index is 1.89. The minimum Gasteiger partial charge on any atom is -0.247 e. The summed E-state index contributed by atoms with van der Waals surface area (Å²) < 4.78 is 12.1. The Kier molecular flexibility index (Phi) is 1.87. The van der Waals surface area contributed by atoms with Gasteiger partial charge in [0.1, 0.15) is 6.17 Å². The van der Waals surface area contributed by atoms with Gasteiger partial charge in [0, 0.05) is 0 Å². The van der Waals surface area contributed by atoms with Crippen LogP contribution in [0.25, 0.3) is 0 Å². The van der Waals surface area contributed by atoms with Gasteiger partial charge in [0.05, 0.1) is 0 Å². The molecule has 0 bridgehead atoms. The fourth-order valence-corrected chi connectivity index (χ4v) is 0.916. The Bertz CT molecular complexity index is 70.8. The third-order valence-corrected chi connectivity index (χ3v) is 1.66. The molecule has 2 unspecified atom stereocenters. The Hall–Kier alpha value is -0.0700. The molecule has 47 valence electrons. The number of halogens is 1. The normalized spacial score (nSPS) is 35.2. The highest BCUT2D eigenvalue weighted by atomic mass is 19.1. The first-order valence-electron chi connectivity index (χ1n) is 3.28. The van der Waals surface area contributed by atoms with Crippen molar-refractivity contribution >= 4 is 0 Å². The fourth-order valence-electron chi connectivity index (χ4n) is 0.916. The fraction of sp³-hybridized carbons (Fsp3) is 0.857. The van der Waals surface area contributed by atoms with Gasteiger partial charge in [-0.3, -0.25) is 0 Å². The van der Waals surface area contributed by atoms with E-state index in [1.54, 1.807) is 0 Å². The molecule has 0 nitrogen and oxygen atoms in total. The van der Waals surface area contributed by atoms with Crippen molar-refractivity contribution in [3.8, 4) is 0 Å². The van der Waals surface area contributed by atoms with Crippen LogP contribution in [0.3, 0.4) is 0 Å². The van der Waals surface area contributed by atoms with Gasteiger partial charge < -0.3 is 0 Å². The van der Waals surface area contributed by atoms with E-state index < -0.39 is 6.17 Å². The van der Waals surface area contributed by atoms with Gasteiger partial charge >= 0.3 is 0 Å².